The van der Waals surface area contributed by atoms with Crippen LogP contribution in [-0.2, 0) is 13.0 Å². The lowest BCUT2D eigenvalue weighted by atomic mass is 10.1. The first-order valence-electron chi connectivity index (χ1n) is 10.1. The van der Waals surface area contributed by atoms with Crippen molar-refractivity contribution in [2.24, 2.45) is 0 Å². The lowest BCUT2D eigenvalue weighted by Crippen LogP contribution is -2.23. The SMILES string of the molecule is Cc1ccc(Cn2c(=O)c3cc(C#CCc4ccccc4)ccc3n3cnnc23)cc1. The monoisotopic (exact) mass is 404 g/mol. The maximum atomic E-state index is 13.4. The molecule has 2 aromatic heterocycles. The van der Waals surface area contributed by atoms with Crippen LogP contribution in [0.2, 0.25) is 0 Å². The van der Waals surface area contributed by atoms with Crippen molar-refractivity contribution in [1.82, 2.24) is 19.2 Å². The van der Waals surface area contributed by atoms with Gasteiger partial charge >= 0.3 is 0 Å². The molecule has 0 saturated heterocycles. The maximum Gasteiger partial charge on any atom is 0.263 e. The molecule has 0 amide bonds. The van der Waals surface area contributed by atoms with E-state index in [9.17, 15) is 4.79 Å². The minimum Gasteiger partial charge on any atom is -0.272 e. The Morgan fingerprint density at radius 1 is 0.935 bits per heavy atom. The van der Waals surface area contributed by atoms with Crippen molar-refractivity contribution in [2.75, 3.05) is 0 Å². The molecule has 0 unspecified atom stereocenters. The van der Waals surface area contributed by atoms with Gasteiger partial charge < -0.3 is 0 Å². The number of aryl methyl sites for hydroxylation is 1. The molecule has 0 atom stereocenters. The Bertz CT molecular complexity index is 1500. The van der Waals surface area contributed by atoms with Gasteiger partial charge in [0.15, 0.2) is 0 Å². The van der Waals surface area contributed by atoms with Crippen LogP contribution in [0.25, 0.3) is 16.7 Å². The zero-order chi connectivity index (χ0) is 21.2. The van der Waals surface area contributed by atoms with Crippen LogP contribution >= 0.6 is 0 Å². The molecule has 5 heteroatoms. The summed E-state index contributed by atoms with van der Waals surface area (Å²) >= 11 is 0. The second-order valence-electron chi connectivity index (χ2n) is 7.57. The second kappa shape index (κ2) is 7.92. The number of aromatic nitrogens is 4. The molecular formula is C26H20N4O. The summed E-state index contributed by atoms with van der Waals surface area (Å²) in [5.41, 5.74) is 4.88. The van der Waals surface area contributed by atoms with E-state index in [0.717, 1.165) is 16.6 Å². The predicted octanol–water partition coefficient (Wildman–Crippen LogP) is 4.00. The van der Waals surface area contributed by atoms with Crippen LogP contribution in [0.5, 0.6) is 0 Å². The first-order chi connectivity index (χ1) is 15.2. The number of nitrogens with zero attached hydrogens (tertiary/aromatic N) is 4. The Hall–Kier alpha value is -4.17. The molecule has 31 heavy (non-hydrogen) atoms. The van der Waals surface area contributed by atoms with Crippen molar-refractivity contribution in [1.29, 1.82) is 0 Å². The summed E-state index contributed by atoms with van der Waals surface area (Å²) in [6, 6.07) is 24.0. The van der Waals surface area contributed by atoms with Crippen LogP contribution in [-0.4, -0.2) is 19.2 Å². The van der Waals surface area contributed by atoms with Crippen LogP contribution in [0.4, 0.5) is 0 Å². The van der Waals surface area contributed by atoms with Crippen LogP contribution < -0.4 is 5.56 Å². The third-order valence-electron chi connectivity index (χ3n) is 5.33. The van der Waals surface area contributed by atoms with Crippen molar-refractivity contribution in [3.05, 3.63) is 112 Å². The molecule has 0 bridgehead atoms. The van der Waals surface area contributed by atoms with E-state index in [1.54, 1.807) is 10.9 Å². The molecule has 5 aromatic rings. The molecule has 0 aliphatic heterocycles. The Balaban J connectivity index is 1.58. The number of hydrogen-bond donors (Lipinski definition) is 0. The number of fused-ring (bicyclic) bond motifs is 3. The van der Waals surface area contributed by atoms with E-state index in [-0.39, 0.29) is 5.56 Å². The van der Waals surface area contributed by atoms with E-state index in [0.29, 0.717) is 24.1 Å². The molecular weight excluding hydrogens is 384 g/mol. The van der Waals surface area contributed by atoms with Gasteiger partial charge in [-0.3, -0.25) is 13.8 Å². The summed E-state index contributed by atoms with van der Waals surface area (Å²) in [7, 11) is 0. The zero-order valence-corrected chi connectivity index (χ0v) is 17.1. The first-order valence-corrected chi connectivity index (χ1v) is 10.1. The van der Waals surface area contributed by atoms with Gasteiger partial charge in [-0.15, -0.1) is 10.2 Å². The first kappa shape index (κ1) is 18.8. The fourth-order valence-electron chi connectivity index (χ4n) is 3.68. The summed E-state index contributed by atoms with van der Waals surface area (Å²) in [5.74, 6) is 6.92. The minimum absolute atomic E-state index is 0.0946. The molecule has 0 aliphatic rings. The molecule has 0 N–H and O–H groups in total. The summed E-state index contributed by atoms with van der Waals surface area (Å²) in [6.45, 7) is 2.48. The van der Waals surface area contributed by atoms with Crippen LogP contribution in [0, 0.1) is 18.8 Å². The Morgan fingerprint density at radius 2 is 1.74 bits per heavy atom. The van der Waals surface area contributed by atoms with Gasteiger partial charge in [0.25, 0.3) is 5.56 Å². The van der Waals surface area contributed by atoms with Crippen LogP contribution in [0.15, 0.2) is 83.9 Å². The second-order valence-corrected chi connectivity index (χ2v) is 7.57. The largest absolute Gasteiger partial charge is 0.272 e. The van der Waals surface area contributed by atoms with Gasteiger partial charge in [-0.1, -0.05) is 72.0 Å². The summed E-state index contributed by atoms with van der Waals surface area (Å²) in [5, 5.41) is 8.84. The van der Waals surface area contributed by atoms with Gasteiger partial charge in [-0.2, -0.15) is 0 Å². The van der Waals surface area contributed by atoms with Crippen LogP contribution in [0.1, 0.15) is 22.3 Å². The number of hydrogen-bond acceptors (Lipinski definition) is 3. The fourth-order valence-corrected chi connectivity index (χ4v) is 3.68. The smallest absolute Gasteiger partial charge is 0.263 e. The van der Waals surface area contributed by atoms with Gasteiger partial charge in [0.1, 0.15) is 6.33 Å². The lowest BCUT2D eigenvalue weighted by Gasteiger charge is -2.10. The highest BCUT2D eigenvalue weighted by atomic mass is 16.1. The van der Waals surface area contributed by atoms with Gasteiger partial charge in [0.2, 0.25) is 5.78 Å². The normalized spacial score (nSPS) is 10.9. The molecule has 5 rings (SSSR count). The Kier molecular flexibility index (Phi) is 4.81. The molecule has 0 saturated carbocycles. The number of benzene rings is 3. The van der Waals surface area contributed by atoms with Crippen LogP contribution in [0.3, 0.4) is 0 Å². The van der Waals surface area contributed by atoms with Crippen molar-refractivity contribution in [3.63, 3.8) is 0 Å². The van der Waals surface area contributed by atoms with E-state index in [4.69, 9.17) is 0 Å². The lowest BCUT2D eigenvalue weighted by molar-refractivity contribution is 0.766. The molecule has 150 valence electrons. The van der Waals surface area contributed by atoms with Gasteiger partial charge in [0, 0.05) is 12.0 Å². The number of rotatable bonds is 3. The predicted molar refractivity (Wildman–Crippen MR) is 122 cm³/mol. The van der Waals surface area contributed by atoms with E-state index in [1.165, 1.54) is 11.1 Å². The Morgan fingerprint density at radius 3 is 2.55 bits per heavy atom. The van der Waals surface area contributed by atoms with Crippen molar-refractivity contribution < 1.29 is 0 Å². The molecule has 2 heterocycles. The quantitative estimate of drug-likeness (QED) is 0.427. The maximum absolute atomic E-state index is 13.4. The van der Waals surface area contributed by atoms with Crippen molar-refractivity contribution in [3.8, 4) is 11.8 Å². The third kappa shape index (κ3) is 3.72. The Labute approximate surface area is 179 Å². The topological polar surface area (TPSA) is 52.2 Å². The average molecular weight is 404 g/mol. The third-order valence-corrected chi connectivity index (χ3v) is 5.33. The molecule has 0 spiro atoms. The van der Waals surface area contributed by atoms with E-state index in [2.05, 4.69) is 34.2 Å². The van der Waals surface area contributed by atoms with Gasteiger partial charge in [-0.25, -0.2) is 0 Å². The van der Waals surface area contributed by atoms with Gasteiger partial charge in [0.05, 0.1) is 17.4 Å². The minimum atomic E-state index is -0.0946. The molecule has 0 radical (unpaired) electrons. The van der Waals surface area contributed by atoms with Crippen molar-refractivity contribution >= 4 is 16.7 Å². The zero-order valence-electron chi connectivity index (χ0n) is 17.1. The molecule has 0 aliphatic carbocycles. The van der Waals surface area contributed by atoms with E-state index in [1.807, 2.05) is 72.0 Å². The highest BCUT2D eigenvalue weighted by Gasteiger charge is 2.13. The molecule has 3 aromatic carbocycles. The summed E-state index contributed by atoms with van der Waals surface area (Å²) < 4.78 is 3.52. The highest BCUT2D eigenvalue weighted by Crippen LogP contribution is 2.16. The molecule has 0 fully saturated rings. The fraction of sp³-hybridized carbons (Fsp3) is 0.115. The van der Waals surface area contributed by atoms with Gasteiger partial charge in [-0.05, 0) is 36.2 Å². The summed E-state index contributed by atoms with van der Waals surface area (Å²) in [6.07, 6.45) is 2.31. The molecule has 5 nitrogen and oxygen atoms in total. The highest BCUT2D eigenvalue weighted by molar-refractivity contribution is 5.81. The average Bonchev–Trinajstić information content (AvgIpc) is 3.28. The summed E-state index contributed by atoms with van der Waals surface area (Å²) in [4.78, 5) is 13.4. The van der Waals surface area contributed by atoms with Crippen molar-refractivity contribution in [2.45, 2.75) is 19.9 Å². The standard InChI is InChI=1S/C26H20N4O/c1-19-10-12-22(13-11-19)17-29-25(31)23-16-21(9-5-8-20-6-3-2-4-7-20)14-15-24(23)30-18-27-28-26(29)30/h2-4,6-7,10-16,18H,8,17H2,1H3. The van der Waals surface area contributed by atoms with E-state index < -0.39 is 0 Å². The van der Waals surface area contributed by atoms with E-state index >= 15 is 0 Å².